The van der Waals surface area contributed by atoms with Gasteiger partial charge in [-0.3, -0.25) is 10.4 Å². The van der Waals surface area contributed by atoms with Crippen LogP contribution in [0.3, 0.4) is 0 Å². The van der Waals surface area contributed by atoms with E-state index < -0.39 is 238 Å². The molecule has 35 unspecified atom stereocenters. The van der Waals surface area contributed by atoms with E-state index in [1.54, 1.807) is 55.4 Å². The molecule has 0 aliphatic carbocycles. The van der Waals surface area contributed by atoms with E-state index in [-0.39, 0.29) is 89.2 Å². The van der Waals surface area contributed by atoms with Crippen LogP contribution in [0.2, 0.25) is 5.02 Å². The summed E-state index contributed by atoms with van der Waals surface area (Å²) in [5.41, 5.74) is -2.94. The van der Waals surface area contributed by atoms with Gasteiger partial charge in [0.25, 0.3) is 5.97 Å². The van der Waals surface area contributed by atoms with Gasteiger partial charge in [0.05, 0.1) is 70.0 Å². The number of fused-ring (bicyclic) bond motifs is 4. The van der Waals surface area contributed by atoms with Gasteiger partial charge < -0.3 is 164 Å². The SMILES string of the molecule is COCC1OC(OC2OCC3OC4(OCC(OC(=O)c5c(C)cc(O)cc5O)C5OCOC54)OC3C2O)C(OC)C(O)C1OC1OC(C)C(OC)C(OC2OC(C)C3OC4(CC(O)C(OC5CC(OC6CC(C)(N(O)O)C(OC)C(C)O6)C(OC(=O)c6c(C)cc(O)c(Cl)c6OC)C(C)O5)C(C)O4)OC3(C)C2O)C1O. The van der Waals surface area contributed by atoms with Crippen LogP contribution in [0, 0.1) is 13.8 Å². The Balaban J connectivity index is 0.642. The Kier molecular flexibility index (Phi) is 25.0. The van der Waals surface area contributed by atoms with Crippen LogP contribution in [0.15, 0.2) is 18.2 Å². The summed E-state index contributed by atoms with van der Waals surface area (Å²) in [4.78, 5) is 27.6. The number of hydrogen-bond acceptors (Lipinski definition) is 39. The van der Waals surface area contributed by atoms with Gasteiger partial charge in [-0.15, -0.1) is 0 Å². The van der Waals surface area contributed by atoms with Crippen LogP contribution in [0.5, 0.6) is 23.0 Å². The fourth-order valence-corrected chi connectivity index (χ4v) is 17.2. The number of aliphatic hydroxyl groups excluding tert-OH is 5. The van der Waals surface area contributed by atoms with E-state index in [0.717, 1.165) is 6.07 Å². The van der Waals surface area contributed by atoms with Crippen LogP contribution < -0.4 is 4.74 Å². The van der Waals surface area contributed by atoms with Crippen LogP contribution in [-0.2, 0) is 118 Å². The maximum absolute atomic E-state index is 14.2. The first-order valence-electron chi connectivity index (χ1n) is 36.3. The topological polar surface area (TPSA) is 480 Å². The first kappa shape index (κ1) is 83.6. The van der Waals surface area contributed by atoms with Crippen molar-refractivity contribution in [3.63, 3.8) is 0 Å². The summed E-state index contributed by atoms with van der Waals surface area (Å²) in [7, 11) is 6.65. The van der Waals surface area contributed by atoms with Crippen molar-refractivity contribution in [3.8, 4) is 23.0 Å². The highest BCUT2D eigenvalue weighted by Crippen LogP contribution is 2.53. The van der Waals surface area contributed by atoms with Crippen molar-refractivity contribution in [2.24, 2.45) is 0 Å². The molecule has 0 amide bonds. The molecule has 40 heteroatoms. The molecule has 11 saturated heterocycles. The lowest BCUT2D eigenvalue weighted by molar-refractivity contribution is -0.417. The third-order valence-corrected chi connectivity index (χ3v) is 22.7. The van der Waals surface area contributed by atoms with Gasteiger partial charge in [-0.05, 0) is 85.6 Å². The predicted octanol–water partition coefficient (Wildman–Crippen LogP) is 0.412. The molecule has 620 valence electrons. The number of carbonyl (C=O) groups is 2. The maximum Gasteiger partial charge on any atom is 0.342 e. The monoisotopic (exact) mass is 1600 g/mol. The molecule has 2 aromatic rings. The van der Waals surface area contributed by atoms with Crippen molar-refractivity contribution in [2.45, 2.75) is 295 Å². The molecule has 2 aromatic carbocycles. The Bertz CT molecular complexity index is 3520. The highest BCUT2D eigenvalue weighted by Gasteiger charge is 2.70. The predicted molar refractivity (Wildman–Crippen MR) is 356 cm³/mol. The van der Waals surface area contributed by atoms with E-state index in [0.29, 0.717) is 0 Å². The number of aryl methyl sites for hydroxylation is 2. The van der Waals surface area contributed by atoms with Gasteiger partial charge in [0.15, 0.2) is 61.8 Å². The molecular weight excluding hydrogens is 1500 g/mol. The minimum Gasteiger partial charge on any atom is -0.508 e. The second kappa shape index (κ2) is 33.0. The Morgan fingerprint density at radius 1 is 0.582 bits per heavy atom. The third kappa shape index (κ3) is 15.5. The van der Waals surface area contributed by atoms with Crippen LogP contribution in [0.1, 0.15) is 99.6 Å². The number of rotatable bonds is 21. The molecule has 13 rings (SSSR count). The number of hydroxylamine groups is 2. The number of methoxy groups -OCH3 is 5. The molecule has 35 atom stereocenters. The molecule has 110 heavy (non-hydrogen) atoms. The van der Waals surface area contributed by atoms with Gasteiger partial charge in [-0.2, -0.15) is 0 Å². The zero-order valence-electron chi connectivity index (χ0n) is 62.8. The first-order valence-corrected chi connectivity index (χ1v) is 36.6. The lowest BCUT2D eigenvalue weighted by Crippen LogP contribution is -2.68. The van der Waals surface area contributed by atoms with Crippen molar-refractivity contribution >= 4 is 23.5 Å². The fourth-order valence-electron chi connectivity index (χ4n) is 17.0. The van der Waals surface area contributed by atoms with Crippen LogP contribution in [0.25, 0.3) is 0 Å². The zero-order valence-corrected chi connectivity index (χ0v) is 63.6. The van der Waals surface area contributed by atoms with Gasteiger partial charge in [-0.25, -0.2) is 9.59 Å². The summed E-state index contributed by atoms with van der Waals surface area (Å²) < 4.78 is 160. The number of halogens is 1. The largest absolute Gasteiger partial charge is 0.508 e. The van der Waals surface area contributed by atoms with E-state index in [4.69, 9.17) is 135 Å². The number of phenols is 3. The summed E-state index contributed by atoms with van der Waals surface area (Å²) in [6.07, 6.45) is -39.8. The van der Waals surface area contributed by atoms with Gasteiger partial charge in [0.1, 0.15) is 149 Å². The van der Waals surface area contributed by atoms with Crippen LogP contribution in [0.4, 0.5) is 0 Å². The maximum atomic E-state index is 14.2. The Morgan fingerprint density at radius 3 is 1.95 bits per heavy atom. The van der Waals surface area contributed by atoms with Crippen molar-refractivity contribution < 1.29 is 184 Å². The molecule has 11 aliphatic heterocycles. The molecule has 0 radical (unpaired) electrons. The quantitative estimate of drug-likeness (QED) is 0.0598. The minimum atomic E-state index is -2.04. The zero-order chi connectivity index (χ0) is 79.3. The average molecular weight is 1600 g/mol. The highest BCUT2D eigenvalue weighted by molar-refractivity contribution is 6.34. The Labute approximate surface area is 636 Å². The molecule has 11 aliphatic rings. The number of ether oxygens (including phenoxy) is 26. The molecule has 0 bridgehead atoms. The van der Waals surface area contributed by atoms with Crippen molar-refractivity contribution in [1.82, 2.24) is 5.23 Å². The number of benzene rings is 2. The van der Waals surface area contributed by atoms with E-state index in [1.807, 2.05) is 0 Å². The number of nitrogens with zero attached hydrogens (tertiary/aromatic N) is 1. The normalized spacial score (nSPS) is 46.0. The molecule has 2 spiro atoms. The van der Waals surface area contributed by atoms with E-state index in [1.165, 1.54) is 54.6 Å². The number of hydrogen-bond donors (Lipinski definition) is 10. The van der Waals surface area contributed by atoms with Gasteiger partial charge in [0, 0.05) is 47.3 Å². The number of carbonyl (C=O) groups excluding carboxylic acids is 2. The van der Waals surface area contributed by atoms with Crippen molar-refractivity contribution in [2.75, 3.05) is 62.2 Å². The highest BCUT2D eigenvalue weighted by atomic mass is 35.5. The minimum absolute atomic E-state index is 0.0418. The number of esters is 2. The number of aromatic hydroxyl groups is 3. The van der Waals surface area contributed by atoms with Gasteiger partial charge in [0.2, 0.25) is 0 Å². The molecule has 0 saturated carbocycles. The van der Waals surface area contributed by atoms with E-state index >= 15 is 0 Å². The lowest BCUT2D eigenvalue weighted by atomic mass is 9.85. The summed E-state index contributed by atoms with van der Waals surface area (Å²) in [6, 6.07) is 3.57. The number of aliphatic hydroxyl groups is 5. The average Bonchev–Trinajstić information content (AvgIpc) is 1.56. The Morgan fingerprint density at radius 2 is 1.27 bits per heavy atom. The second-order valence-corrected chi connectivity index (χ2v) is 30.2. The second-order valence-electron chi connectivity index (χ2n) is 29.8. The molecule has 39 nitrogen and oxygen atoms in total. The third-order valence-electron chi connectivity index (χ3n) is 22.4. The molecule has 0 aromatic heterocycles. The first-order chi connectivity index (χ1) is 52.1. The number of phenolic OH excluding ortho intramolecular Hbond substituents is 3. The smallest absolute Gasteiger partial charge is 0.342 e. The molecule has 11 fully saturated rings. The molecule has 10 N–H and O–H groups in total. The summed E-state index contributed by atoms with van der Waals surface area (Å²) in [6.45, 7) is 13.1. The summed E-state index contributed by atoms with van der Waals surface area (Å²) in [5, 5.41) is 113. The Hall–Kier alpha value is -4.37. The summed E-state index contributed by atoms with van der Waals surface area (Å²) in [5.74, 6) is -7.12. The van der Waals surface area contributed by atoms with Gasteiger partial charge in [-0.1, -0.05) is 16.8 Å². The van der Waals surface area contributed by atoms with Crippen LogP contribution in [-0.4, -0.2) is 344 Å². The fraction of sp³-hybridized carbons (Fsp3) is 0.800. The molecule has 11 heterocycles. The van der Waals surface area contributed by atoms with E-state index in [2.05, 4.69) is 0 Å². The standard InChI is InChI=1S/C70H100ClNO38/c1-25-15-32(73)17-33(74)42(25)61(81)99-38-23-93-70(60-53(38)91-24-92-60)107-39-22-90-63(46(78)52(39)108-70)105-65-56(88-13)45(77)51(37(100-65)21-85-10)103-64-47(79)55(50(86-11)28(4)96-64)104-66-57(80)68(9)59(31(7)97-66)109-69(110-68)19-35(76)48(29(5)106-69)101-40-18-36(98-41-20-67(8,72(83)84)58(89-14)30(6)95-41)49(27(3)94-40)102-62(82)43-26(2)16-34(75)44(71)54(43)87-12/h15-17,27-31,35-41,45-53,55-60,63-66,73-80,83-84H,18-24H2,1-14H3. The van der Waals surface area contributed by atoms with Gasteiger partial charge >= 0.3 is 17.9 Å². The lowest BCUT2D eigenvalue weighted by Gasteiger charge is -2.50. The van der Waals surface area contributed by atoms with Crippen molar-refractivity contribution in [1.29, 1.82) is 0 Å². The van der Waals surface area contributed by atoms with Crippen molar-refractivity contribution in [3.05, 3.63) is 45.5 Å². The van der Waals surface area contributed by atoms with E-state index in [9.17, 15) is 60.9 Å². The summed E-state index contributed by atoms with van der Waals surface area (Å²) >= 11 is 6.38. The molecular formula is C70H100ClNO38. The van der Waals surface area contributed by atoms with Crippen LogP contribution >= 0.6 is 11.6 Å².